The van der Waals surface area contributed by atoms with Crippen molar-refractivity contribution in [2.45, 2.75) is 26.4 Å². The maximum absolute atomic E-state index is 11.5. The SMILES string of the molecule is COC(=O)COc1cc(OC)c([N+](=O)[O-])cc1Cl.COc1cc(OCC(=O)OC(C)(C)C)c(Cl)cc1[N+](=O)[O-].COc1cc(OCCO)c(Cl)cc1[N+](=O)[O-]. The summed E-state index contributed by atoms with van der Waals surface area (Å²) in [7, 11) is 5.09. The molecule has 3 aromatic rings. The highest BCUT2D eigenvalue weighted by atomic mass is 35.5. The van der Waals surface area contributed by atoms with Crippen LogP contribution in [0.1, 0.15) is 20.8 Å². The van der Waals surface area contributed by atoms with Crippen LogP contribution in [-0.2, 0) is 19.1 Å². The number of hydrogen-bond donors (Lipinski definition) is 1. The van der Waals surface area contributed by atoms with Crippen molar-refractivity contribution >= 4 is 63.8 Å². The van der Waals surface area contributed by atoms with Gasteiger partial charge >= 0.3 is 29.0 Å². The lowest BCUT2D eigenvalue weighted by Crippen LogP contribution is -2.27. The van der Waals surface area contributed by atoms with Gasteiger partial charge in [-0.1, -0.05) is 34.8 Å². The molecule has 55 heavy (non-hydrogen) atoms. The summed E-state index contributed by atoms with van der Waals surface area (Å²) in [6, 6.07) is 7.15. The number of carbonyl (C=O) groups excluding carboxylic acids is 2. The molecule has 0 unspecified atom stereocenters. The Morgan fingerprint density at radius 2 is 0.927 bits per heavy atom. The molecule has 20 nitrogen and oxygen atoms in total. The molecule has 0 bridgehead atoms. The molecule has 0 amide bonds. The number of aliphatic hydroxyl groups is 1. The van der Waals surface area contributed by atoms with Gasteiger partial charge in [0, 0.05) is 36.4 Å². The van der Waals surface area contributed by atoms with Gasteiger partial charge in [-0.3, -0.25) is 30.3 Å². The fourth-order valence-corrected chi connectivity index (χ4v) is 4.32. The number of ether oxygens (including phenoxy) is 8. The van der Waals surface area contributed by atoms with Gasteiger partial charge in [0.1, 0.15) is 29.5 Å². The summed E-state index contributed by atoms with van der Waals surface area (Å²) < 4.78 is 39.4. The van der Waals surface area contributed by atoms with Crippen molar-refractivity contribution in [3.05, 3.63) is 81.8 Å². The van der Waals surface area contributed by atoms with E-state index < -0.39 is 32.3 Å². The summed E-state index contributed by atoms with van der Waals surface area (Å²) >= 11 is 17.4. The van der Waals surface area contributed by atoms with Crippen LogP contribution in [0.25, 0.3) is 0 Å². The van der Waals surface area contributed by atoms with Gasteiger partial charge in [-0.25, -0.2) is 9.59 Å². The molecule has 302 valence electrons. The molecule has 0 aromatic heterocycles. The third-order valence-electron chi connectivity index (χ3n) is 5.98. The van der Waals surface area contributed by atoms with Gasteiger partial charge in [-0.2, -0.15) is 0 Å². The van der Waals surface area contributed by atoms with Crippen LogP contribution in [0.5, 0.6) is 34.5 Å². The molecule has 0 saturated heterocycles. The van der Waals surface area contributed by atoms with E-state index in [4.69, 9.17) is 73.1 Å². The van der Waals surface area contributed by atoms with Crippen molar-refractivity contribution in [3.63, 3.8) is 0 Å². The van der Waals surface area contributed by atoms with Gasteiger partial charge < -0.3 is 43.0 Å². The van der Waals surface area contributed by atoms with E-state index in [-0.39, 0.29) is 93.1 Å². The number of esters is 2. The Balaban J connectivity index is 0.000000416. The maximum Gasteiger partial charge on any atom is 0.344 e. The van der Waals surface area contributed by atoms with E-state index in [0.29, 0.717) is 0 Å². The van der Waals surface area contributed by atoms with E-state index in [1.807, 2.05) is 0 Å². The molecule has 0 atom stereocenters. The highest BCUT2D eigenvalue weighted by Crippen LogP contribution is 2.39. The quantitative estimate of drug-likeness (QED) is 0.0984. The average Bonchev–Trinajstić information content (AvgIpc) is 3.12. The zero-order valence-corrected chi connectivity index (χ0v) is 32.5. The Hall–Kier alpha value is -5.57. The number of hydrogen-bond acceptors (Lipinski definition) is 17. The van der Waals surface area contributed by atoms with Gasteiger partial charge in [0.2, 0.25) is 17.2 Å². The number of rotatable bonds is 15. The van der Waals surface area contributed by atoms with Crippen LogP contribution in [-0.4, -0.2) is 92.3 Å². The predicted molar refractivity (Wildman–Crippen MR) is 195 cm³/mol. The summed E-state index contributed by atoms with van der Waals surface area (Å²) in [6.07, 6.45) is 0. The normalized spacial score (nSPS) is 10.2. The second-order valence-electron chi connectivity index (χ2n) is 10.9. The molecular formula is C32H36Cl3N3O17. The highest BCUT2D eigenvalue weighted by Gasteiger charge is 2.23. The zero-order chi connectivity index (χ0) is 42.0. The van der Waals surface area contributed by atoms with E-state index in [9.17, 15) is 39.9 Å². The number of benzene rings is 3. The van der Waals surface area contributed by atoms with Crippen LogP contribution >= 0.6 is 34.8 Å². The van der Waals surface area contributed by atoms with Crippen molar-refractivity contribution in [1.29, 1.82) is 0 Å². The first kappa shape index (κ1) is 47.5. The Morgan fingerprint density at radius 1 is 0.600 bits per heavy atom. The predicted octanol–water partition coefficient (Wildman–Crippen LogP) is 6.41. The summed E-state index contributed by atoms with van der Waals surface area (Å²) in [5, 5.41) is 40.9. The molecule has 0 fully saturated rings. The van der Waals surface area contributed by atoms with Crippen molar-refractivity contribution in [1.82, 2.24) is 0 Å². The highest BCUT2D eigenvalue weighted by molar-refractivity contribution is 6.33. The van der Waals surface area contributed by atoms with E-state index >= 15 is 0 Å². The van der Waals surface area contributed by atoms with Gasteiger partial charge in [-0.05, 0) is 20.8 Å². The molecule has 23 heteroatoms. The minimum atomic E-state index is -0.630. The Bertz CT molecular complexity index is 1840. The lowest BCUT2D eigenvalue weighted by molar-refractivity contribution is -0.385. The third kappa shape index (κ3) is 15.7. The number of carbonyl (C=O) groups is 2. The van der Waals surface area contributed by atoms with Crippen molar-refractivity contribution in [3.8, 4) is 34.5 Å². The number of methoxy groups -OCH3 is 4. The van der Waals surface area contributed by atoms with E-state index in [1.165, 1.54) is 46.6 Å². The topological polar surface area (TPSA) is 258 Å². The fourth-order valence-electron chi connectivity index (χ4n) is 3.68. The molecule has 0 aliphatic rings. The number of aliphatic hydroxyl groups excluding tert-OH is 1. The number of nitrogens with zero attached hydrogens (tertiary/aromatic N) is 3. The Labute approximate surface area is 328 Å². The van der Waals surface area contributed by atoms with Crippen molar-refractivity contribution < 1.29 is 67.4 Å². The molecule has 0 heterocycles. The third-order valence-corrected chi connectivity index (χ3v) is 6.86. The maximum atomic E-state index is 11.5. The first-order valence-corrected chi connectivity index (χ1v) is 16.2. The number of nitro groups is 3. The molecule has 0 radical (unpaired) electrons. The summed E-state index contributed by atoms with van der Waals surface area (Å²) in [4.78, 5) is 52.8. The molecule has 0 saturated carbocycles. The Kier molecular flexibility index (Phi) is 19.5. The summed E-state index contributed by atoms with van der Waals surface area (Å²) in [5.41, 5.74) is -1.43. The molecule has 0 spiro atoms. The first-order valence-electron chi connectivity index (χ1n) is 15.1. The molecular weight excluding hydrogens is 805 g/mol. The smallest absolute Gasteiger partial charge is 0.344 e. The lowest BCUT2D eigenvalue weighted by atomic mass is 10.2. The summed E-state index contributed by atoms with van der Waals surface area (Å²) in [6.45, 7) is 4.36. The van der Waals surface area contributed by atoms with Crippen LogP contribution in [0.3, 0.4) is 0 Å². The lowest BCUT2D eigenvalue weighted by Gasteiger charge is -2.19. The fraction of sp³-hybridized carbons (Fsp3) is 0.375. The van der Waals surface area contributed by atoms with Crippen LogP contribution in [0.4, 0.5) is 17.1 Å². The second kappa shape index (κ2) is 22.6. The largest absolute Gasteiger partial charge is 0.490 e. The van der Waals surface area contributed by atoms with Gasteiger partial charge in [-0.15, -0.1) is 0 Å². The standard InChI is InChI=1S/C13H16ClNO6.C10H10ClNO6.C9H10ClNO5/c1-13(2,3)21-12(16)7-20-10-6-11(19-4)9(15(17)18)5-8(10)14;1-16-9-4-8(18-5-10(13)17-2)6(11)3-7(9)12(14)15;1-15-9-5-8(16-3-2-12)6(10)4-7(9)11(13)14/h5-6H,7H2,1-4H3;3-4H,5H2,1-2H3;4-5,12H,2-3H2,1H3. The molecule has 3 aromatic carbocycles. The minimum absolute atomic E-state index is 0.00561. The summed E-state index contributed by atoms with van der Waals surface area (Å²) in [5.74, 6) is -0.692. The van der Waals surface area contributed by atoms with Gasteiger partial charge in [0.05, 0.1) is 64.9 Å². The van der Waals surface area contributed by atoms with Crippen molar-refractivity contribution in [2.24, 2.45) is 0 Å². The molecule has 1 N–H and O–H groups in total. The zero-order valence-electron chi connectivity index (χ0n) is 30.2. The van der Waals surface area contributed by atoms with Crippen LogP contribution in [0.15, 0.2) is 36.4 Å². The van der Waals surface area contributed by atoms with Gasteiger partial charge in [0.15, 0.2) is 13.2 Å². The number of halogens is 3. The monoisotopic (exact) mass is 839 g/mol. The molecule has 0 aliphatic heterocycles. The first-order chi connectivity index (χ1) is 25.7. The molecule has 3 rings (SSSR count). The Morgan fingerprint density at radius 3 is 1.20 bits per heavy atom. The number of nitro benzene ring substituents is 3. The van der Waals surface area contributed by atoms with E-state index in [1.54, 1.807) is 20.8 Å². The van der Waals surface area contributed by atoms with Crippen molar-refractivity contribution in [2.75, 3.05) is 54.9 Å². The second-order valence-corrected chi connectivity index (χ2v) is 12.2. The van der Waals surface area contributed by atoms with Crippen LogP contribution in [0, 0.1) is 30.3 Å². The average molecular weight is 841 g/mol. The minimum Gasteiger partial charge on any atom is -0.490 e. The van der Waals surface area contributed by atoms with Crippen LogP contribution in [0.2, 0.25) is 15.1 Å². The molecule has 0 aliphatic carbocycles. The van der Waals surface area contributed by atoms with Gasteiger partial charge in [0.25, 0.3) is 0 Å². The van der Waals surface area contributed by atoms with Crippen LogP contribution < -0.4 is 28.4 Å². The van der Waals surface area contributed by atoms with E-state index in [0.717, 1.165) is 18.2 Å². The van der Waals surface area contributed by atoms with E-state index in [2.05, 4.69) is 4.74 Å².